The maximum atomic E-state index is 11.6. The lowest BCUT2D eigenvalue weighted by Gasteiger charge is -2.31. The summed E-state index contributed by atoms with van der Waals surface area (Å²) in [5, 5.41) is 5.14. The average Bonchev–Trinajstić information content (AvgIpc) is 2.17. The van der Waals surface area contributed by atoms with Crippen molar-refractivity contribution in [3.05, 3.63) is 32.6 Å². The number of aryl methyl sites for hydroxylation is 1. The Morgan fingerprint density at radius 1 is 1.27 bits per heavy atom. The van der Waals surface area contributed by atoms with E-state index in [4.69, 9.17) is 0 Å². The second-order valence-electron chi connectivity index (χ2n) is 3.60. The van der Waals surface area contributed by atoms with Gasteiger partial charge >= 0.3 is 5.69 Å². The lowest BCUT2D eigenvalue weighted by atomic mass is 10.4. The van der Waals surface area contributed by atoms with E-state index in [2.05, 4.69) is 10.3 Å². The van der Waals surface area contributed by atoms with Gasteiger partial charge in [-0.15, -0.1) is 0 Å². The van der Waals surface area contributed by atoms with E-state index in [0.29, 0.717) is 5.69 Å². The third-order valence-corrected chi connectivity index (χ3v) is 2.47. The summed E-state index contributed by atoms with van der Waals surface area (Å²) in [5.74, 6) is 0. The number of aromatic amines is 1. The summed E-state index contributed by atoms with van der Waals surface area (Å²) in [7, 11) is 0. The van der Waals surface area contributed by atoms with Gasteiger partial charge in [0.05, 0.1) is 0 Å². The molecule has 0 saturated carbocycles. The van der Waals surface area contributed by atoms with Crippen LogP contribution in [-0.4, -0.2) is 35.8 Å². The quantitative estimate of drug-likeness (QED) is 0.585. The molecule has 82 valence electrons. The van der Waals surface area contributed by atoms with Crippen molar-refractivity contribution in [3.63, 3.8) is 0 Å². The first-order valence-electron chi connectivity index (χ1n) is 4.97. The van der Waals surface area contributed by atoms with Gasteiger partial charge in [-0.25, -0.2) is 9.47 Å². The molecule has 1 aromatic rings. The number of hydrogen-bond donors (Lipinski definition) is 2. The molecule has 2 heterocycles. The fourth-order valence-corrected chi connectivity index (χ4v) is 1.81. The van der Waals surface area contributed by atoms with Gasteiger partial charge in [-0.3, -0.25) is 9.78 Å². The number of nitrogens with zero attached hydrogens (tertiary/aromatic N) is 2. The molecular weight excluding hydrogens is 196 g/mol. The summed E-state index contributed by atoms with van der Waals surface area (Å²) in [6.07, 6.45) is 0. The van der Waals surface area contributed by atoms with Crippen LogP contribution in [0.1, 0.15) is 5.69 Å². The SMILES string of the molecule is Cc1cc(=O)[nH]c(=O)n1N1CCNCC1. The van der Waals surface area contributed by atoms with E-state index in [9.17, 15) is 9.59 Å². The number of rotatable bonds is 1. The molecule has 0 amide bonds. The van der Waals surface area contributed by atoms with Crippen molar-refractivity contribution in [2.75, 3.05) is 31.2 Å². The van der Waals surface area contributed by atoms with Crippen molar-refractivity contribution in [2.24, 2.45) is 0 Å². The van der Waals surface area contributed by atoms with Crippen LogP contribution in [0.2, 0.25) is 0 Å². The molecule has 1 aromatic heterocycles. The van der Waals surface area contributed by atoms with Crippen molar-refractivity contribution in [1.82, 2.24) is 15.0 Å². The zero-order chi connectivity index (χ0) is 10.8. The number of H-pyrrole nitrogens is 1. The lowest BCUT2D eigenvalue weighted by molar-refractivity contribution is 0.468. The lowest BCUT2D eigenvalue weighted by Crippen LogP contribution is -2.54. The molecule has 2 rings (SSSR count). The van der Waals surface area contributed by atoms with Crippen LogP contribution in [0.4, 0.5) is 0 Å². The molecule has 6 heteroatoms. The minimum absolute atomic E-state index is 0.344. The van der Waals surface area contributed by atoms with Gasteiger partial charge in [-0.1, -0.05) is 0 Å². The van der Waals surface area contributed by atoms with E-state index in [1.165, 1.54) is 10.7 Å². The maximum Gasteiger partial charge on any atom is 0.347 e. The molecular formula is C9H14N4O2. The van der Waals surface area contributed by atoms with E-state index in [1.54, 1.807) is 6.92 Å². The standard InChI is InChI=1S/C9H14N4O2/c1-7-6-8(14)11-9(15)13(7)12-4-2-10-3-5-12/h6,10H,2-5H2,1H3,(H,11,14,15). The summed E-state index contributed by atoms with van der Waals surface area (Å²) in [4.78, 5) is 24.9. The van der Waals surface area contributed by atoms with Crippen molar-refractivity contribution in [1.29, 1.82) is 0 Å². The van der Waals surface area contributed by atoms with Crippen LogP contribution in [0.15, 0.2) is 15.7 Å². The molecule has 0 bridgehead atoms. The monoisotopic (exact) mass is 210 g/mol. The van der Waals surface area contributed by atoms with Gasteiger partial charge in [0.1, 0.15) is 0 Å². The summed E-state index contributed by atoms with van der Waals surface area (Å²) in [5.41, 5.74) is -0.0311. The minimum atomic E-state index is -0.359. The third-order valence-electron chi connectivity index (χ3n) is 2.47. The summed E-state index contributed by atoms with van der Waals surface area (Å²) in [6.45, 7) is 5.01. The topological polar surface area (TPSA) is 70.1 Å². The molecule has 0 spiro atoms. The molecule has 1 aliphatic rings. The van der Waals surface area contributed by atoms with Crippen LogP contribution in [0.25, 0.3) is 0 Å². The third kappa shape index (κ3) is 1.94. The van der Waals surface area contributed by atoms with Gasteiger partial charge in [0.2, 0.25) is 0 Å². The Hall–Kier alpha value is -1.56. The van der Waals surface area contributed by atoms with Crippen LogP contribution in [0.3, 0.4) is 0 Å². The van der Waals surface area contributed by atoms with Crippen LogP contribution in [0, 0.1) is 6.92 Å². The highest BCUT2D eigenvalue weighted by Crippen LogP contribution is 1.94. The second kappa shape index (κ2) is 3.90. The van der Waals surface area contributed by atoms with Gasteiger partial charge in [-0.05, 0) is 6.92 Å². The van der Waals surface area contributed by atoms with Gasteiger partial charge in [0.25, 0.3) is 5.56 Å². The molecule has 0 atom stereocenters. The number of hydrogen-bond acceptors (Lipinski definition) is 4. The Morgan fingerprint density at radius 2 is 1.93 bits per heavy atom. The Balaban J connectivity index is 2.42. The van der Waals surface area contributed by atoms with E-state index < -0.39 is 0 Å². The predicted molar refractivity (Wildman–Crippen MR) is 56.9 cm³/mol. The second-order valence-corrected chi connectivity index (χ2v) is 3.60. The zero-order valence-electron chi connectivity index (χ0n) is 8.62. The normalized spacial score (nSPS) is 16.7. The van der Waals surface area contributed by atoms with Gasteiger partial charge < -0.3 is 10.3 Å². The molecule has 1 saturated heterocycles. The molecule has 1 aliphatic heterocycles. The summed E-state index contributed by atoms with van der Waals surface area (Å²) < 4.78 is 1.53. The van der Waals surface area contributed by atoms with Crippen molar-refractivity contribution in [2.45, 2.75) is 6.92 Å². The first-order valence-corrected chi connectivity index (χ1v) is 4.97. The van der Waals surface area contributed by atoms with E-state index in [1.807, 2.05) is 5.01 Å². The van der Waals surface area contributed by atoms with Crippen molar-refractivity contribution in [3.8, 4) is 0 Å². The summed E-state index contributed by atoms with van der Waals surface area (Å²) in [6, 6.07) is 1.43. The number of piperazine rings is 1. The fraction of sp³-hybridized carbons (Fsp3) is 0.556. The summed E-state index contributed by atoms with van der Waals surface area (Å²) >= 11 is 0. The fourth-order valence-electron chi connectivity index (χ4n) is 1.81. The maximum absolute atomic E-state index is 11.6. The van der Waals surface area contributed by atoms with Gasteiger partial charge in [-0.2, -0.15) is 0 Å². The Bertz CT molecular complexity index is 456. The van der Waals surface area contributed by atoms with Crippen LogP contribution < -0.4 is 21.6 Å². The van der Waals surface area contributed by atoms with Crippen molar-refractivity contribution < 1.29 is 0 Å². The van der Waals surface area contributed by atoms with E-state index >= 15 is 0 Å². The van der Waals surface area contributed by atoms with Gasteiger partial charge in [0.15, 0.2) is 0 Å². The number of nitrogens with one attached hydrogen (secondary N) is 2. The smallest absolute Gasteiger partial charge is 0.313 e. The molecule has 0 unspecified atom stereocenters. The Kier molecular flexibility index (Phi) is 2.59. The first-order chi connectivity index (χ1) is 7.18. The van der Waals surface area contributed by atoms with Crippen molar-refractivity contribution >= 4 is 0 Å². The predicted octanol–water partition coefficient (Wildman–Crippen LogP) is -1.61. The highest BCUT2D eigenvalue weighted by molar-refractivity contribution is 5.04. The van der Waals surface area contributed by atoms with E-state index in [0.717, 1.165) is 26.2 Å². The minimum Gasteiger partial charge on any atom is -0.313 e. The molecule has 6 nitrogen and oxygen atoms in total. The molecule has 15 heavy (non-hydrogen) atoms. The average molecular weight is 210 g/mol. The highest BCUT2D eigenvalue weighted by Gasteiger charge is 2.13. The number of aromatic nitrogens is 2. The van der Waals surface area contributed by atoms with Crippen LogP contribution in [0.5, 0.6) is 0 Å². The molecule has 2 N–H and O–H groups in total. The largest absolute Gasteiger partial charge is 0.347 e. The zero-order valence-corrected chi connectivity index (χ0v) is 8.62. The first kappa shape index (κ1) is 9.97. The van der Waals surface area contributed by atoms with Gasteiger partial charge in [0, 0.05) is 37.9 Å². The van der Waals surface area contributed by atoms with Crippen LogP contribution >= 0.6 is 0 Å². The highest BCUT2D eigenvalue weighted by atomic mass is 16.2. The van der Waals surface area contributed by atoms with Crippen LogP contribution in [-0.2, 0) is 0 Å². The van der Waals surface area contributed by atoms with E-state index in [-0.39, 0.29) is 11.2 Å². The Labute approximate surface area is 86.5 Å². The molecule has 0 aromatic carbocycles. The molecule has 0 radical (unpaired) electrons. The Morgan fingerprint density at radius 3 is 2.53 bits per heavy atom. The molecule has 0 aliphatic carbocycles. The molecule has 1 fully saturated rings.